The summed E-state index contributed by atoms with van der Waals surface area (Å²) in [7, 11) is 1.60. The van der Waals surface area contributed by atoms with Gasteiger partial charge in [0.2, 0.25) is 0 Å². The monoisotopic (exact) mass is 316 g/mol. The van der Waals surface area contributed by atoms with Crippen molar-refractivity contribution >= 4 is 6.01 Å². The Labute approximate surface area is 134 Å². The van der Waals surface area contributed by atoms with Crippen LogP contribution in [0.15, 0.2) is 27.4 Å². The van der Waals surface area contributed by atoms with Gasteiger partial charge in [-0.3, -0.25) is 4.90 Å². The smallest absolute Gasteiger partial charge is 0.438 e. The number of aromatic nitrogens is 2. The third kappa shape index (κ3) is 2.84. The second-order valence-corrected chi connectivity index (χ2v) is 6.08. The number of fused-ring (bicyclic) bond motifs is 1. The molecule has 0 saturated carbocycles. The van der Waals surface area contributed by atoms with Crippen molar-refractivity contribution in [2.75, 3.05) is 37.7 Å². The first kappa shape index (κ1) is 14.3. The first-order chi connectivity index (χ1) is 11.2. The van der Waals surface area contributed by atoms with Crippen LogP contribution in [0.1, 0.15) is 11.1 Å². The number of benzene rings is 1. The quantitative estimate of drug-likeness (QED) is 0.828. The van der Waals surface area contributed by atoms with Gasteiger partial charge in [-0.15, -0.1) is 5.10 Å². The number of piperazine rings is 1. The Kier molecular flexibility index (Phi) is 3.57. The Morgan fingerprint density at radius 3 is 2.78 bits per heavy atom. The summed E-state index contributed by atoms with van der Waals surface area (Å²) in [5, 5.41) is 4.11. The molecular formula is C16H20N4O3. The van der Waals surface area contributed by atoms with E-state index in [2.05, 4.69) is 28.2 Å². The molecule has 1 aromatic heterocycles. The lowest BCUT2D eigenvalue weighted by Crippen LogP contribution is -2.46. The summed E-state index contributed by atoms with van der Waals surface area (Å²) in [5.41, 5.74) is 2.59. The third-order valence-corrected chi connectivity index (χ3v) is 4.49. The number of aryl methyl sites for hydroxylation is 1. The standard InChI is InChI=1S/C16H20N4O3/c1-18-16(21)23-15(17-18)20-7-5-19(6-8-20)11-12-2-3-13-4-9-22-14(13)10-12/h2-3,10H,4-9,11H2,1H3. The second kappa shape index (κ2) is 5.73. The van der Waals surface area contributed by atoms with E-state index in [0.29, 0.717) is 6.01 Å². The molecule has 23 heavy (non-hydrogen) atoms. The number of rotatable bonds is 3. The van der Waals surface area contributed by atoms with Crippen molar-refractivity contribution in [3.05, 3.63) is 39.9 Å². The maximum Gasteiger partial charge on any atom is 0.438 e. The molecular weight excluding hydrogens is 296 g/mol. The highest BCUT2D eigenvalue weighted by Gasteiger charge is 2.22. The molecule has 1 fully saturated rings. The largest absolute Gasteiger partial charge is 0.493 e. The predicted octanol–water partition coefficient (Wildman–Crippen LogP) is 0.630. The average molecular weight is 316 g/mol. The van der Waals surface area contributed by atoms with Gasteiger partial charge in [-0.25, -0.2) is 4.79 Å². The Morgan fingerprint density at radius 1 is 1.22 bits per heavy atom. The molecule has 0 amide bonds. The molecule has 0 unspecified atom stereocenters. The van der Waals surface area contributed by atoms with Crippen LogP contribution < -0.4 is 15.4 Å². The zero-order chi connectivity index (χ0) is 15.8. The molecule has 7 nitrogen and oxygen atoms in total. The molecule has 122 valence electrons. The maximum atomic E-state index is 11.4. The Balaban J connectivity index is 1.37. The fraction of sp³-hybridized carbons (Fsp3) is 0.500. The molecule has 4 rings (SSSR count). The first-order valence-corrected chi connectivity index (χ1v) is 7.95. The second-order valence-electron chi connectivity index (χ2n) is 6.08. The molecule has 0 radical (unpaired) electrons. The molecule has 2 aromatic rings. The number of anilines is 1. The third-order valence-electron chi connectivity index (χ3n) is 4.49. The zero-order valence-electron chi connectivity index (χ0n) is 13.2. The van der Waals surface area contributed by atoms with E-state index >= 15 is 0 Å². The average Bonchev–Trinajstić information content (AvgIpc) is 3.15. The molecule has 2 aliphatic heterocycles. The van der Waals surface area contributed by atoms with Crippen LogP contribution >= 0.6 is 0 Å². The van der Waals surface area contributed by atoms with Crippen LogP contribution in [-0.4, -0.2) is 47.5 Å². The van der Waals surface area contributed by atoms with Crippen molar-refractivity contribution in [2.45, 2.75) is 13.0 Å². The van der Waals surface area contributed by atoms with Crippen molar-refractivity contribution in [3.8, 4) is 5.75 Å². The summed E-state index contributed by atoms with van der Waals surface area (Å²) in [5.74, 6) is 0.622. The van der Waals surface area contributed by atoms with Gasteiger partial charge in [0.25, 0.3) is 0 Å². The number of hydrogen-bond acceptors (Lipinski definition) is 6. The Hall–Kier alpha value is -2.28. The predicted molar refractivity (Wildman–Crippen MR) is 84.9 cm³/mol. The SMILES string of the molecule is Cn1nc(N2CCN(Cc3ccc4c(c3)OCC4)CC2)oc1=O. The minimum absolute atomic E-state index is 0.416. The van der Waals surface area contributed by atoms with E-state index in [0.717, 1.165) is 51.5 Å². The highest BCUT2D eigenvalue weighted by molar-refractivity contribution is 5.40. The van der Waals surface area contributed by atoms with Gasteiger partial charge in [-0.2, -0.15) is 4.68 Å². The van der Waals surface area contributed by atoms with Gasteiger partial charge in [0.15, 0.2) is 0 Å². The highest BCUT2D eigenvalue weighted by atomic mass is 16.5. The normalized spacial score (nSPS) is 18.0. The summed E-state index contributed by atoms with van der Waals surface area (Å²) in [4.78, 5) is 15.8. The summed E-state index contributed by atoms with van der Waals surface area (Å²) in [6.07, 6.45) is 1.02. The minimum Gasteiger partial charge on any atom is -0.493 e. The molecule has 0 spiro atoms. The molecule has 1 saturated heterocycles. The zero-order valence-corrected chi connectivity index (χ0v) is 13.2. The van der Waals surface area contributed by atoms with Crippen LogP contribution in [0.4, 0.5) is 6.01 Å². The van der Waals surface area contributed by atoms with Gasteiger partial charge < -0.3 is 14.1 Å². The lowest BCUT2D eigenvalue weighted by molar-refractivity contribution is 0.244. The summed E-state index contributed by atoms with van der Waals surface area (Å²) >= 11 is 0. The molecule has 3 heterocycles. The van der Waals surface area contributed by atoms with E-state index in [4.69, 9.17) is 9.15 Å². The van der Waals surface area contributed by atoms with E-state index in [9.17, 15) is 4.79 Å². The van der Waals surface area contributed by atoms with E-state index in [-0.39, 0.29) is 0 Å². The maximum absolute atomic E-state index is 11.4. The van der Waals surface area contributed by atoms with E-state index in [1.807, 2.05) is 4.90 Å². The Morgan fingerprint density at radius 2 is 2.04 bits per heavy atom. The van der Waals surface area contributed by atoms with Crippen LogP contribution in [0.3, 0.4) is 0 Å². The number of ether oxygens (including phenoxy) is 1. The lowest BCUT2D eigenvalue weighted by Gasteiger charge is -2.33. The fourth-order valence-electron chi connectivity index (χ4n) is 3.13. The van der Waals surface area contributed by atoms with Gasteiger partial charge in [-0.1, -0.05) is 12.1 Å². The van der Waals surface area contributed by atoms with Crippen LogP contribution in [0.5, 0.6) is 5.75 Å². The first-order valence-electron chi connectivity index (χ1n) is 7.95. The molecule has 7 heteroatoms. The lowest BCUT2D eigenvalue weighted by atomic mass is 10.1. The Bertz CT molecular complexity index is 759. The van der Waals surface area contributed by atoms with Crippen LogP contribution in [0.2, 0.25) is 0 Å². The van der Waals surface area contributed by atoms with Crippen molar-refractivity contribution in [2.24, 2.45) is 7.05 Å². The molecule has 0 atom stereocenters. The molecule has 0 bridgehead atoms. The fourth-order valence-corrected chi connectivity index (χ4v) is 3.13. The van der Waals surface area contributed by atoms with Crippen molar-refractivity contribution in [3.63, 3.8) is 0 Å². The summed E-state index contributed by atoms with van der Waals surface area (Å²) in [6, 6.07) is 6.95. The summed E-state index contributed by atoms with van der Waals surface area (Å²) in [6.45, 7) is 5.16. The van der Waals surface area contributed by atoms with Crippen molar-refractivity contribution in [1.82, 2.24) is 14.7 Å². The van der Waals surface area contributed by atoms with Gasteiger partial charge in [0, 0.05) is 46.2 Å². The molecule has 0 N–H and O–H groups in total. The summed E-state index contributed by atoms with van der Waals surface area (Å²) < 4.78 is 12.0. The topological polar surface area (TPSA) is 63.7 Å². The number of hydrogen-bond donors (Lipinski definition) is 0. The molecule has 2 aliphatic rings. The van der Waals surface area contributed by atoms with Crippen LogP contribution in [0, 0.1) is 0 Å². The molecule has 1 aromatic carbocycles. The minimum atomic E-state index is -0.416. The number of nitrogens with zero attached hydrogens (tertiary/aromatic N) is 4. The van der Waals surface area contributed by atoms with Gasteiger partial charge in [-0.05, 0) is 17.2 Å². The van der Waals surface area contributed by atoms with Crippen molar-refractivity contribution < 1.29 is 9.15 Å². The van der Waals surface area contributed by atoms with Gasteiger partial charge >= 0.3 is 11.8 Å². The molecule has 0 aliphatic carbocycles. The van der Waals surface area contributed by atoms with E-state index < -0.39 is 5.76 Å². The van der Waals surface area contributed by atoms with E-state index in [1.165, 1.54) is 15.8 Å². The van der Waals surface area contributed by atoms with Crippen LogP contribution in [-0.2, 0) is 20.0 Å². The highest BCUT2D eigenvalue weighted by Crippen LogP contribution is 2.26. The van der Waals surface area contributed by atoms with Gasteiger partial charge in [0.1, 0.15) is 5.75 Å². The van der Waals surface area contributed by atoms with Crippen molar-refractivity contribution in [1.29, 1.82) is 0 Å². The van der Waals surface area contributed by atoms with Gasteiger partial charge in [0.05, 0.1) is 6.61 Å². The van der Waals surface area contributed by atoms with Crippen LogP contribution in [0.25, 0.3) is 0 Å². The van der Waals surface area contributed by atoms with E-state index in [1.54, 1.807) is 7.05 Å².